The largest absolute Gasteiger partial charge is 0.378 e. The minimum atomic E-state index is 0. The first kappa shape index (κ1) is 26.9. The van der Waals surface area contributed by atoms with Crippen molar-refractivity contribution in [2.24, 2.45) is 16.8 Å². The van der Waals surface area contributed by atoms with Crippen molar-refractivity contribution in [1.29, 1.82) is 0 Å². The van der Waals surface area contributed by atoms with Gasteiger partial charge in [-0.1, -0.05) is 27.7 Å². The van der Waals surface area contributed by atoms with Crippen LogP contribution in [0.3, 0.4) is 0 Å². The number of hydrogen-bond acceptors (Lipinski definition) is 4. The second-order valence-electron chi connectivity index (χ2n) is 8.06. The van der Waals surface area contributed by atoms with Crippen molar-refractivity contribution >= 4 is 29.9 Å². The molecule has 0 aromatic carbocycles. The summed E-state index contributed by atoms with van der Waals surface area (Å²) in [5.74, 6) is 2.05. The summed E-state index contributed by atoms with van der Waals surface area (Å²) in [4.78, 5) is 9.42. The fourth-order valence-corrected chi connectivity index (χ4v) is 3.52. The van der Waals surface area contributed by atoms with E-state index in [-0.39, 0.29) is 24.0 Å². The summed E-state index contributed by atoms with van der Waals surface area (Å²) in [5.41, 5.74) is 0. The van der Waals surface area contributed by atoms with Crippen molar-refractivity contribution in [3.05, 3.63) is 0 Å². The second kappa shape index (κ2) is 14.8. The van der Waals surface area contributed by atoms with Crippen molar-refractivity contribution in [3.63, 3.8) is 0 Å². The third kappa shape index (κ3) is 10.3. The number of rotatable bonds is 10. The number of nitrogens with zero attached hydrogens (tertiary/aromatic N) is 3. The fourth-order valence-electron chi connectivity index (χ4n) is 3.52. The van der Waals surface area contributed by atoms with Crippen molar-refractivity contribution < 1.29 is 4.74 Å². The minimum Gasteiger partial charge on any atom is -0.378 e. The van der Waals surface area contributed by atoms with Gasteiger partial charge in [0.2, 0.25) is 0 Å². The van der Waals surface area contributed by atoms with Gasteiger partial charge in [0.1, 0.15) is 0 Å². The fraction of sp³-hybridized carbons (Fsp3) is 0.950. The molecule has 27 heavy (non-hydrogen) atoms. The molecule has 162 valence electrons. The molecule has 0 saturated carbocycles. The molecule has 2 unspecified atom stereocenters. The van der Waals surface area contributed by atoms with Crippen molar-refractivity contribution in [2.75, 3.05) is 60.0 Å². The molecule has 1 fully saturated rings. The number of piperazine rings is 1. The lowest BCUT2D eigenvalue weighted by Gasteiger charge is -2.40. The molecule has 0 spiro atoms. The Hall–Kier alpha value is -0.120. The molecule has 1 heterocycles. The highest BCUT2D eigenvalue weighted by Gasteiger charge is 2.25. The highest BCUT2D eigenvalue weighted by Crippen LogP contribution is 2.13. The summed E-state index contributed by atoms with van der Waals surface area (Å²) in [6.07, 6.45) is 1.30. The maximum Gasteiger partial charge on any atom is 0.191 e. The summed E-state index contributed by atoms with van der Waals surface area (Å²) < 4.78 is 5.83. The van der Waals surface area contributed by atoms with E-state index >= 15 is 0 Å². The molecule has 0 amide bonds. The Bertz CT molecular complexity index is 398. The molecule has 6 nitrogen and oxygen atoms in total. The van der Waals surface area contributed by atoms with Crippen molar-refractivity contribution in [2.45, 2.75) is 53.2 Å². The van der Waals surface area contributed by atoms with Crippen LogP contribution in [0.15, 0.2) is 4.99 Å². The third-order valence-corrected chi connectivity index (χ3v) is 5.32. The van der Waals surface area contributed by atoms with E-state index < -0.39 is 0 Å². The van der Waals surface area contributed by atoms with Gasteiger partial charge in [0, 0.05) is 59.0 Å². The summed E-state index contributed by atoms with van der Waals surface area (Å²) >= 11 is 0. The zero-order chi connectivity index (χ0) is 19.5. The van der Waals surface area contributed by atoms with E-state index in [9.17, 15) is 0 Å². The van der Waals surface area contributed by atoms with Crippen LogP contribution in [-0.2, 0) is 4.74 Å². The normalized spacial score (nSPS) is 19.1. The average Bonchev–Trinajstić information content (AvgIpc) is 2.60. The summed E-state index contributed by atoms with van der Waals surface area (Å²) in [7, 11) is 4.05. The quantitative estimate of drug-likeness (QED) is 0.276. The molecule has 0 aromatic rings. The highest BCUT2D eigenvalue weighted by atomic mass is 127. The predicted molar refractivity (Wildman–Crippen MR) is 127 cm³/mol. The number of guanidine groups is 1. The molecule has 0 aromatic heterocycles. The minimum absolute atomic E-state index is 0. The van der Waals surface area contributed by atoms with Gasteiger partial charge in [-0.25, -0.2) is 0 Å². The van der Waals surface area contributed by atoms with Gasteiger partial charge in [-0.3, -0.25) is 9.89 Å². The van der Waals surface area contributed by atoms with E-state index in [1.54, 1.807) is 0 Å². The average molecular weight is 498 g/mol. The van der Waals surface area contributed by atoms with E-state index in [4.69, 9.17) is 4.74 Å². The zero-order valence-electron chi connectivity index (χ0n) is 18.6. The third-order valence-electron chi connectivity index (χ3n) is 5.32. The molecule has 1 aliphatic rings. The van der Waals surface area contributed by atoms with Gasteiger partial charge in [-0.05, 0) is 32.2 Å². The molecule has 7 heteroatoms. The predicted octanol–water partition coefficient (Wildman–Crippen LogP) is 2.49. The standard InChI is InChI=1S/C20H43N5O.HI/c1-8-26-19(17(4)5)9-10-22-20(21-6)23-15-18(16(2)3)25-13-11-24(7)12-14-25;/h16-19H,8-15H2,1-7H3,(H2,21,22,23);1H. The van der Waals surface area contributed by atoms with Crippen LogP contribution in [0, 0.1) is 11.8 Å². The van der Waals surface area contributed by atoms with Gasteiger partial charge in [-0.2, -0.15) is 0 Å². The van der Waals surface area contributed by atoms with Crippen LogP contribution in [0.2, 0.25) is 0 Å². The molecule has 0 radical (unpaired) electrons. The van der Waals surface area contributed by atoms with Crippen LogP contribution in [0.25, 0.3) is 0 Å². The Balaban J connectivity index is 0.00000676. The molecule has 1 aliphatic heterocycles. The number of nitrogens with one attached hydrogen (secondary N) is 2. The number of aliphatic imine (C=N–C) groups is 1. The van der Waals surface area contributed by atoms with E-state index in [0.717, 1.165) is 58.3 Å². The topological polar surface area (TPSA) is 52.1 Å². The van der Waals surface area contributed by atoms with Gasteiger partial charge in [0.15, 0.2) is 5.96 Å². The van der Waals surface area contributed by atoms with Gasteiger partial charge >= 0.3 is 0 Å². The van der Waals surface area contributed by atoms with E-state index in [1.807, 2.05) is 7.05 Å². The Morgan fingerprint density at radius 2 is 1.67 bits per heavy atom. The molecular formula is C20H44IN5O. The van der Waals surface area contributed by atoms with Gasteiger partial charge in [0.25, 0.3) is 0 Å². The van der Waals surface area contributed by atoms with Gasteiger partial charge in [0.05, 0.1) is 6.10 Å². The van der Waals surface area contributed by atoms with E-state index in [0.29, 0.717) is 24.0 Å². The number of hydrogen-bond donors (Lipinski definition) is 2. The van der Waals surface area contributed by atoms with Crippen LogP contribution < -0.4 is 10.6 Å². The van der Waals surface area contributed by atoms with E-state index in [2.05, 4.69) is 67.1 Å². The highest BCUT2D eigenvalue weighted by molar-refractivity contribution is 14.0. The Morgan fingerprint density at radius 3 is 2.15 bits per heavy atom. The molecule has 0 bridgehead atoms. The number of ether oxygens (including phenoxy) is 1. The van der Waals surface area contributed by atoms with Crippen LogP contribution in [0.4, 0.5) is 0 Å². The van der Waals surface area contributed by atoms with Crippen LogP contribution >= 0.6 is 24.0 Å². The molecule has 0 aliphatic carbocycles. The second-order valence-corrected chi connectivity index (χ2v) is 8.06. The Morgan fingerprint density at radius 1 is 1.04 bits per heavy atom. The lowest BCUT2D eigenvalue weighted by atomic mass is 10.0. The summed E-state index contributed by atoms with van der Waals surface area (Å²) in [6.45, 7) is 18.3. The van der Waals surface area contributed by atoms with Gasteiger partial charge in [-0.15, -0.1) is 24.0 Å². The lowest BCUT2D eigenvalue weighted by molar-refractivity contribution is 0.0258. The monoisotopic (exact) mass is 497 g/mol. The van der Waals surface area contributed by atoms with Gasteiger partial charge < -0.3 is 20.3 Å². The molecule has 2 N–H and O–H groups in total. The molecule has 1 rings (SSSR count). The van der Waals surface area contributed by atoms with Crippen LogP contribution in [0.1, 0.15) is 41.0 Å². The zero-order valence-corrected chi connectivity index (χ0v) is 21.0. The summed E-state index contributed by atoms with van der Waals surface area (Å²) in [5, 5.41) is 6.99. The van der Waals surface area contributed by atoms with E-state index in [1.165, 1.54) is 0 Å². The Labute approximate surface area is 184 Å². The Kier molecular flexibility index (Phi) is 14.8. The maximum atomic E-state index is 5.83. The first-order valence-electron chi connectivity index (χ1n) is 10.4. The molecule has 1 saturated heterocycles. The van der Waals surface area contributed by atoms with Crippen LogP contribution in [-0.4, -0.2) is 87.9 Å². The SMILES string of the molecule is CCOC(CCNC(=NC)NCC(C(C)C)N1CCN(C)CC1)C(C)C.I. The summed E-state index contributed by atoms with van der Waals surface area (Å²) in [6, 6.07) is 0.536. The van der Waals surface area contributed by atoms with Crippen molar-refractivity contribution in [3.8, 4) is 0 Å². The number of likely N-dealkylation sites (N-methyl/N-ethyl adjacent to an activating group) is 1. The number of halogens is 1. The van der Waals surface area contributed by atoms with Crippen molar-refractivity contribution in [1.82, 2.24) is 20.4 Å². The smallest absolute Gasteiger partial charge is 0.191 e. The molecular weight excluding hydrogens is 453 g/mol. The van der Waals surface area contributed by atoms with Crippen LogP contribution in [0.5, 0.6) is 0 Å². The lowest BCUT2D eigenvalue weighted by Crippen LogP contribution is -2.55. The molecule has 2 atom stereocenters. The maximum absolute atomic E-state index is 5.83. The first-order chi connectivity index (χ1) is 12.4. The first-order valence-corrected chi connectivity index (χ1v) is 10.4.